The lowest BCUT2D eigenvalue weighted by Gasteiger charge is -2.09. The van der Waals surface area contributed by atoms with Crippen molar-refractivity contribution in [3.8, 4) is 0 Å². The summed E-state index contributed by atoms with van der Waals surface area (Å²) in [5.74, 6) is -0.644. The highest BCUT2D eigenvalue weighted by Gasteiger charge is 2.38. The molecule has 20 heavy (non-hydrogen) atoms. The van der Waals surface area contributed by atoms with Crippen LogP contribution in [0.4, 0.5) is 0 Å². The summed E-state index contributed by atoms with van der Waals surface area (Å²) in [6.45, 7) is 6.17. The maximum absolute atomic E-state index is 12.1. The average molecular weight is 320 g/mol. The topological polar surface area (TPSA) is 91.9 Å². The van der Waals surface area contributed by atoms with E-state index in [4.69, 9.17) is 10.7 Å². The number of hydrogen-bond donors (Lipinski definition) is 2. The monoisotopic (exact) mass is 319 g/mol. The first-order valence-corrected chi connectivity index (χ1v) is 8.76. The van der Waals surface area contributed by atoms with Crippen LogP contribution >= 0.6 is 10.7 Å². The van der Waals surface area contributed by atoms with Gasteiger partial charge in [-0.05, 0) is 24.2 Å². The second-order valence-electron chi connectivity index (χ2n) is 5.90. The van der Waals surface area contributed by atoms with E-state index >= 15 is 0 Å². The lowest BCUT2D eigenvalue weighted by molar-refractivity contribution is 0.0938. The number of carbonyl (C=O) groups excluding carboxylic acids is 1. The van der Waals surface area contributed by atoms with Gasteiger partial charge in [0.15, 0.2) is 5.69 Å². The first-order chi connectivity index (χ1) is 9.14. The van der Waals surface area contributed by atoms with Gasteiger partial charge < -0.3 is 5.32 Å². The molecule has 2 rings (SSSR count). The number of hydrogen-bond acceptors (Lipinski definition) is 4. The first-order valence-electron chi connectivity index (χ1n) is 6.45. The quantitative estimate of drug-likeness (QED) is 0.812. The predicted octanol–water partition coefficient (Wildman–Crippen LogP) is 1.99. The van der Waals surface area contributed by atoms with E-state index in [1.54, 1.807) is 13.8 Å². The average Bonchev–Trinajstić information content (AvgIpc) is 2.90. The standard InChI is InChI=1S/C12H18ClN3O3S/c1-7(2)8-10(20(13,18)19)9(16-15-8)11(17)14-6-12(3)4-5-12/h7H,4-6H2,1-3H3,(H,14,17)(H,15,16). The summed E-state index contributed by atoms with van der Waals surface area (Å²) in [4.78, 5) is 11.9. The van der Waals surface area contributed by atoms with Crippen molar-refractivity contribution in [1.29, 1.82) is 0 Å². The lowest BCUT2D eigenvalue weighted by atomic mass is 10.1. The molecule has 1 heterocycles. The Morgan fingerprint density at radius 1 is 1.50 bits per heavy atom. The van der Waals surface area contributed by atoms with Gasteiger partial charge >= 0.3 is 0 Å². The molecule has 1 aromatic heterocycles. The minimum atomic E-state index is -4.03. The molecule has 1 aromatic rings. The Morgan fingerprint density at radius 2 is 2.10 bits per heavy atom. The Hall–Kier alpha value is -1.08. The fourth-order valence-corrected chi connectivity index (χ4v) is 3.29. The summed E-state index contributed by atoms with van der Waals surface area (Å²) in [7, 11) is 1.40. The molecular formula is C12H18ClN3O3S. The molecule has 1 amide bonds. The van der Waals surface area contributed by atoms with Crippen molar-refractivity contribution in [3.05, 3.63) is 11.4 Å². The highest BCUT2D eigenvalue weighted by Crippen LogP contribution is 2.44. The van der Waals surface area contributed by atoms with Crippen molar-refractivity contribution in [2.24, 2.45) is 5.41 Å². The van der Waals surface area contributed by atoms with Gasteiger partial charge in [0.2, 0.25) is 0 Å². The molecular weight excluding hydrogens is 302 g/mol. The minimum Gasteiger partial charge on any atom is -0.350 e. The molecule has 0 bridgehead atoms. The number of aromatic nitrogens is 2. The fourth-order valence-electron chi connectivity index (χ4n) is 1.90. The van der Waals surface area contributed by atoms with Crippen LogP contribution in [0.1, 0.15) is 55.7 Å². The molecule has 1 aliphatic carbocycles. The van der Waals surface area contributed by atoms with Crippen molar-refractivity contribution >= 4 is 25.6 Å². The molecule has 1 aliphatic rings. The van der Waals surface area contributed by atoms with E-state index in [9.17, 15) is 13.2 Å². The Kier molecular flexibility index (Phi) is 3.85. The molecule has 0 spiro atoms. The van der Waals surface area contributed by atoms with Crippen molar-refractivity contribution < 1.29 is 13.2 Å². The molecule has 8 heteroatoms. The zero-order valence-corrected chi connectivity index (χ0v) is 13.2. The number of carbonyl (C=O) groups is 1. The maximum atomic E-state index is 12.1. The molecule has 1 saturated carbocycles. The van der Waals surface area contributed by atoms with E-state index in [2.05, 4.69) is 22.4 Å². The van der Waals surface area contributed by atoms with Crippen molar-refractivity contribution in [3.63, 3.8) is 0 Å². The Balaban J connectivity index is 2.29. The molecule has 112 valence electrons. The number of amides is 1. The van der Waals surface area contributed by atoms with Crippen molar-refractivity contribution in [1.82, 2.24) is 15.5 Å². The molecule has 0 aliphatic heterocycles. The van der Waals surface area contributed by atoms with Gasteiger partial charge in [-0.1, -0.05) is 20.8 Å². The molecule has 0 atom stereocenters. The molecule has 2 N–H and O–H groups in total. The largest absolute Gasteiger partial charge is 0.350 e. The molecule has 0 saturated heterocycles. The Labute approximate surface area is 122 Å². The third-order valence-electron chi connectivity index (χ3n) is 3.56. The SMILES string of the molecule is CC(C)c1[nH]nc(C(=O)NCC2(C)CC2)c1S(=O)(=O)Cl. The number of nitrogens with zero attached hydrogens (tertiary/aromatic N) is 1. The Bertz CT molecular complexity index is 632. The third kappa shape index (κ3) is 3.15. The van der Waals surface area contributed by atoms with E-state index in [0.717, 1.165) is 12.8 Å². The summed E-state index contributed by atoms with van der Waals surface area (Å²) in [5.41, 5.74) is 0.322. The van der Waals surface area contributed by atoms with E-state index in [1.165, 1.54) is 0 Å². The summed E-state index contributed by atoms with van der Waals surface area (Å²) < 4.78 is 23.4. The zero-order chi connectivity index (χ0) is 15.1. The van der Waals surface area contributed by atoms with Gasteiger partial charge in [0, 0.05) is 17.2 Å². The zero-order valence-electron chi connectivity index (χ0n) is 11.7. The smallest absolute Gasteiger partial charge is 0.273 e. The molecule has 0 unspecified atom stereocenters. The van der Waals surface area contributed by atoms with Crippen LogP contribution in [-0.4, -0.2) is 31.1 Å². The van der Waals surface area contributed by atoms with Crippen molar-refractivity contribution in [2.75, 3.05) is 6.54 Å². The van der Waals surface area contributed by atoms with Crippen LogP contribution in [0.3, 0.4) is 0 Å². The van der Waals surface area contributed by atoms with Gasteiger partial charge in [0.05, 0.1) is 5.69 Å². The van der Waals surface area contributed by atoms with Gasteiger partial charge in [-0.3, -0.25) is 9.89 Å². The van der Waals surface area contributed by atoms with Crippen LogP contribution < -0.4 is 5.32 Å². The lowest BCUT2D eigenvalue weighted by Crippen LogP contribution is -2.30. The number of halogens is 1. The normalized spacial score (nSPS) is 17.2. The highest BCUT2D eigenvalue weighted by atomic mass is 35.7. The number of nitrogens with one attached hydrogen (secondary N) is 2. The summed E-state index contributed by atoms with van der Waals surface area (Å²) in [6, 6.07) is 0. The van der Waals surface area contributed by atoms with Crippen LogP contribution in [0, 0.1) is 5.41 Å². The summed E-state index contributed by atoms with van der Waals surface area (Å²) in [5, 5.41) is 9.15. The highest BCUT2D eigenvalue weighted by molar-refractivity contribution is 8.13. The van der Waals surface area contributed by atoms with Gasteiger partial charge in [-0.2, -0.15) is 5.10 Å². The van der Waals surface area contributed by atoms with E-state index in [-0.39, 0.29) is 21.9 Å². The maximum Gasteiger partial charge on any atom is 0.273 e. The number of aromatic amines is 1. The van der Waals surface area contributed by atoms with Gasteiger partial charge in [0.25, 0.3) is 15.0 Å². The summed E-state index contributed by atoms with van der Waals surface area (Å²) >= 11 is 0. The van der Waals surface area contributed by atoms with E-state index in [0.29, 0.717) is 12.2 Å². The van der Waals surface area contributed by atoms with Crippen LogP contribution in [0.5, 0.6) is 0 Å². The first kappa shape index (κ1) is 15.3. The molecule has 0 radical (unpaired) electrons. The van der Waals surface area contributed by atoms with Crippen LogP contribution in [0.2, 0.25) is 0 Å². The van der Waals surface area contributed by atoms with E-state index < -0.39 is 15.0 Å². The van der Waals surface area contributed by atoms with Crippen LogP contribution in [-0.2, 0) is 9.05 Å². The third-order valence-corrected chi connectivity index (χ3v) is 4.93. The predicted molar refractivity (Wildman–Crippen MR) is 75.4 cm³/mol. The number of rotatable bonds is 5. The Morgan fingerprint density at radius 3 is 2.55 bits per heavy atom. The summed E-state index contributed by atoms with van der Waals surface area (Å²) in [6.07, 6.45) is 2.12. The van der Waals surface area contributed by atoms with Crippen LogP contribution in [0.15, 0.2) is 4.90 Å². The van der Waals surface area contributed by atoms with E-state index in [1.807, 2.05) is 0 Å². The molecule has 6 nitrogen and oxygen atoms in total. The van der Waals surface area contributed by atoms with Gasteiger partial charge in [0.1, 0.15) is 4.90 Å². The van der Waals surface area contributed by atoms with Gasteiger partial charge in [-0.25, -0.2) is 8.42 Å². The minimum absolute atomic E-state index is 0.131. The molecule has 1 fully saturated rings. The van der Waals surface area contributed by atoms with Crippen molar-refractivity contribution in [2.45, 2.75) is 44.4 Å². The fraction of sp³-hybridized carbons (Fsp3) is 0.667. The van der Waals surface area contributed by atoms with Gasteiger partial charge in [-0.15, -0.1) is 0 Å². The second-order valence-corrected chi connectivity index (χ2v) is 8.40. The molecule has 0 aromatic carbocycles. The number of H-pyrrole nitrogens is 1. The van der Waals surface area contributed by atoms with Crippen LogP contribution in [0.25, 0.3) is 0 Å². The second kappa shape index (κ2) is 5.04.